The highest BCUT2D eigenvalue weighted by Gasteiger charge is 2.26. The van der Waals surface area contributed by atoms with Gasteiger partial charge in [-0.25, -0.2) is 0 Å². The second kappa shape index (κ2) is 9.77. The molecule has 0 aliphatic heterocycles. The van der Waals surface area contributed by atoms with Gasteiger partial charge in [-0.2, -0.15) is 0 Å². The van der Waals surface area contributed by atoms with E-state index in [0.717, 1.165) is 12.0 Å². The third-order valence-electron chi connectivity index (χ3n) is 5.51. The van der Waals surface area contributed by atoms with Crippen LogP contribution in [0.1, 0.15) is 69.6 Å². The molecule has 0 aromatic heterocycles. The first kappa shape index (κ1) is 20.4. The number of benzene rings is 2. The van der Waals surface area contributed by atoms with E-state index in [9.17, 15) is 5.11 Å². The van der Waals surface area contributed by atoms with Crippen molar-refractivity contribution in [1.29, 1.82) is 0 Å². The normalized spacial score (nSPS) is 22.6. The predicted molar refractivity (Wildman–Crippen MR) is 116 cm³/mol. The lowest BCUT2D eigenvalue weighted by molar-refractivity contribution is 0.123. The maximum absolute atomic E-state index is 10.8. The number of thioether (sulfide) groups is 1. The fraction of sp³-hybridized carbons (Fsp3) is 0.500. The summed E-state index contributed by atoms with van der Waals surface area (Å²) in [5, 5.41) is 15.1. The van der Waals surface area contributed by atoms with Crippen molar-refractivity contribution in [3.8, 4) is 0 Å². The van der Waals surface area contributed by atoms with Gasteiger partial charge in [0.2, 0.25) is 0 Å². The molecule has 4 atom stereocenters. The van der Waals surface area contributed by atoms with E-state index >= 15 is 0 Å². The Kier molecular flexibility index (Phi) is 7.40. The van der Waals surface area contributed by atoms with Crippen LogP contribution in [0.2, 0.25) is 0 Å². The summed E-state index contributed by atoms with van der Waals surface area (Å²) in [6.45, 7) is 6.51. The average Bonchev–Trinajstić information content (AvgIpc) is 2.68. The van der Waals surface area contributed by atoms with Gasteiger partial charge in [0, 0.05) is 22.2 Å². The number of hydrogen-bond donors (Lipinski definition) is 2. The van der Waals surface area contributed by atoms with Crippen LogP contribution in [0.5, 0.6) is 0 Å². The second-order valence-electron chi connectivity index (χ2n) is 8.11. The molecule has 0 amide bonds. The Morgan fingerprint density at radius 1 is 0.963 bits per heavy atom. The Bertz CT molecular complexity index is 685. The van der Waals surface area contributed by atoms with Crippen LogP contribution in [0.25, 0.3) is 0 Å². The van der Waals surface area contributed by atoms with Crippen LogP contribution < -0.4 is 5.32 Å². The van der Waals surface area contributed by atoms with E-state index in [2.05, 4.69) is 80.7 Å². The first-order valence-corrected chi connectivity index (χ1v) is 11.2. The maximum Gasteiger partial charge on any atom is 0.0940 e. The van der Waals surface area contributed by atoms with Crippen LogP contribution in [-0.2, 0) is 0 Å². The fourth-order valence-electron chi connectivity index (χ4n) is 4.14. The molecule has 0 bridgehead atoms. The Morgan fingerprint density at radius 3 is 2.33 bits per heavy atom. The van der Waals surface area contributed by atoms with E-state index in [1.807, 2.05) is 11.8 Å². The standard InChI is InChI=1S/C24H33NOS/c1-17(2)27-23-14-12-20(13-15-23)24(26)18(3)25-22-11-7-10-21(16-22)19-8-5-4-6-9-19/h4-6,8-9,12-15,17-18,21-22,24-26H,7,10-11,16H2,1-3H3/t18?,21-,22+,24?/m0/s1. The monoisotopic (exact) mass is 383 g/mol. The largest absolute Gasteiger partial charge is 0.387 e. The summed E-state index contributed by atoms with van der Waals surface area (Å²) in [5.74, 6) is 0.633. The summed E-state index contributed by atoms with van der Waals surface area (Å²) in [6, 6.07) is 19.8. The van der Waals surface area contributed by atoms with Crippen LogP contribution in [0, 0.1) is 0 Å². The van der Waals surface area contributed by atoms with Gasteiger partial charge in [0.25, 0.3) is 0 Å². The zero-order chi connectivity index (χ0) is 19.2. The minimum atomic E-state index is -0.472. The SMILES string of the molecule is CC(C)Sc1ccc(C(O)C(C)N[C@@H]2CCC[C@H](c3ccccc3)C2)cc1. The Labute approximate surface area is 168 Å². The molecule has 2 N–H and O–H groups in total. The van der Waals surface area contributed by atoms with Gasteiger partial charge < -0.3 is 10.4 Å². The van der Waals surface area contributed by atoms with Gasteiger partial charge >= 0.3 is 0 Å². The minimum Gasteiger partial charge on any atom is -0.387 e. The van der Waals surface area contributed by atoms with Crippen molar-refractivity contribution in [3.63, 3.8) is 0 Å². The second-order valence-corrected chi connectivity index (χ2v) is 9.76. The lowest BCUT2D eigenvalue weighted by atomic mass is 9.81. The predicted octanol–water partition coefficient (Wildman–Crippen LogP) is 5.93. The topological polar surface area (TPSA) is 32.3 Å². The van der Waals surface area contributed by atoms with E-state index < -0.39 is 6.10 Å². The van der Waals surface area contributed by atoms with E-state index in [-0.39, 0.29) is 6.04 Å². The van der Waals surface area contributed by atoms with Crippen LogP contribution in [0.15, 0.2) is 59.5 Å². The van der Waals surface area contributed by atoms with Gasteiger partial charge in [-0.05, 0) is 55.4 Å². The lowest BCUT2D eigenvalue weighted by Crippen LogP contribution is -2.42. The molecule has 27 heavy (non-hydrogen) atoms. The average molecular weight is 384 g/mol. The van der Waals surface area contributed by atoms with Gasteiger partial charge in [0.1, 0.15) is 0 Å². The Morgan fingerprint density at radius 2 is 1.67 bits per heavy atom. The van der Waals surface area contributed by atoms with E-state index in [1.165, 1.54) is 29.7 Å². The molecule has 2 nitrogen and oxygen atoms in total. The van der Waals surface area contributed by atoms with Crippen LogP contribution >= 0.6 is 11.8 Å². The van der Waals surface area contributed by atoms with Crippen molar-refractivity contribution in [3.05, 3.63) is 65.7 Å². The first-order valence-electron chi connectivity index (χ1n) is 10.3. The lowest BCUT2D eigenvalue weighted by Gasteiger charge is -2.33. The quantitative estimate of drug-likeness (QED) is 0.582. The van der Waals surface area contributed by atoms with Gasteiger partial charge in [-0.3, -0.25) is 0 Å². The molecule has 2 aromatic rings. The molecule has 1 aliphatic rings. The number of nitrogens with one attached hydrogen (secondary N) is 1. The number of rotatable bonds is 7. The summed E-state index contributed by atoms with van der Waals surface area (Å²) in [6.07, 6.45) is 4.41. The number of aliphatic hydroxyl groups excluding tert-OH is 1. The van der Waals surface area contributed by atoms with Crippen molar-refractivity contribution < 1.29 is 5.11 Å². The Balaban J connectivity index is 1.56. The molecule has 2 unspecified atom stereocenters. The van der Waals surface area contributed by atoms with E-state index in [0.29, 0.717) is 17.2 Å². The van der Waals surface area contributed by atoms with Gasteiger partial charge in [0.05, 0.1) is 6.10 Å². The molecule has 146 valence electrons. The molecule has 2 aromatic carbocycles. The molecule has 0 saturated heterocycles. The third kappa shape index (κ3) is 5.84. The highest BCUT2D eigenvalue weighted by Crippen LogP contribution is 2.33. The van der Waals surface area contributed by atoms with Gasteiger partial charge in [-0.15, -0.1) is 11.8 Å². The molecule has 0 heterocycles. The fourth-order valence-corrected chi connectivity index (χ4v) is 4.97. The highest BCUT2D eigenvalue weighted by molar-refractivity contribution is 7.99. The zero-order valence-corrected chi connectivity index (χ0v) is 17.6. The summed E-state index contributed by atoms with van der Waals surface area (Å²) in [4.78, 5) is 1.26. The van der Waals surface area contributed by atoms with Crippen LogP contribution in [0.3, 0.4) is 0 Å². The summed E-state index contributed by atoms with van der Waals surface area (Å²) in [5.41, 5.74) is 2.45. The van der Waals surface area contributed by atoms with Crippen LogP contribution in [0.4, 0.5) is 0 Å². The van der Waals surface area contributed by atoms with Crippen LogP contribution in [-0.4, -0.2) is 22.4 Å². The molecule has 0 radical (unpaired) electrons. The van der Waals surface area contributed by atoms with E-state index in [1.54, 1.807) is 0 Å². The number of aliphatic hydroxyl groups is 1. The van der Waals surface area contributed by atoms with Crippen molar-refractivity contribution in [2.75, 3.05) is 0 Å². The molecular weight excluding hydrogens is 350 g/mol. The molecule has 1 fully saturated rings. The van der Waals surface area contributed by atoms with Gasteiger partial charge in [-0.1, -0.05) is 62.7 Å². The smallest absolute Gasteiger partial charge is 0.0940 e. The minimum absolute atomic E-state index is 0.0492. The molecule has 1 aliphatic carbocycles. The maximum atomic E-state index is 10.8. The third-order valence-corrected chi connectivity index (χ3v) is 6.53. The number of hydrogen-bond acceptors (Lipinski definition) is 3. The molecular formula is C24H33NOS. The molecule has 3 heteroatoms. The summed E-state index contributed by atoms with van der Waals surface area (Å²) >= 11 is 1.86. The summed E-state index contributed by atoms with van der Waals surface area (Å²) < 4.78 is 0. The van der Waals surface area contributed by atoms with Crippen molar-refractivity contribution in [1.82, 2.24) is 5.32 Å². The van der Waals surface area contributed by atoms with Crippen molar-refractivity contribution >= 4 is 11.8 Å². The molecule has 3 rings (SSSR count). The first-order chi connectivity index (χ1) is 13.0. The summed E-state index contributed by atoms with van der Waals surface area (Å²) in [7, 11) is 0. The zero-order valence-electron chi connectivity index (χ0n) is 16.8. The molecule has 0 spiro atoms. The highest BCUT2D eigenvalue weighted by atomic mass is 32.2. The van der Waals surface area contributed by atoms with Gasteiger partial charge in [0.15, 0.2) is 0 Å². The Hall–Kier alpha value is -1.29. The van der Waals surface area contributed by atoms with E-state index in [4.69, 9.17) is 0 Å². The molecule has 1 saturated carbocycles. The van der Waals surface area contributed by atoms with Crippen molar-refractivity contribution in [2.45, 2.75) is 80.7 Å². The van der Waals surface area contributed by atoms with Crippen molar-refractivity contribution in [2.24, 2.45) is 0 Å².